The minimum Gasteiger partial charge on any atom is -0.305 e. The number of hydrogen-bond donors (Lipinski definition) is 1. The second kappa shape index (κ2) is 4.72. The van der Waals surface area contributed by atoms with Gasteiger partial charge in [-0.25, -0.2) is 0 Å². The third-order valence-corrected chi connectivity index (χ3v) is 3.06. The first kappa shape index (κ1) is 11.9. The fraction of sp³-hybridized carbons (Fsp3) is 0.400. The Bertz CT molecular complexity index is 550. The molecule has 1 aliphatic heterocycles. The largest absolute Gasteiger partial charge is 0.317 e. The number of nitrogens with zero attached hydrogens (tertiary/aromatic N) is 3. The molecule has 1 fully saturated rings. The van der Waals surface area contributed by atoms with Crippen molar-refractivity contribution in [2.75, 3.05) is 20.1 Å². The number of pyridine rings is 1. The molecule has 2 heterocycles. The third kappa shape index (κ3) is 2.75. The van der Waals surface area contributed by atoms with Gasteiger partial charge in [-0.3, -0.25) is 10.4 Å². The van der Waals surface area contributed by atoms with Crippen molar-refractivity contribution in [3.05, 3.63) is 29.6 Å². The topological polar surface area (TPSA) is 86.5 Å². The lowest BCUT2D eigenvalue weighted by Gasteiger charge is -2.36. The van der Waals surface area contributed by atoms with Gasteiger partial charge in [-0.1, -0.05) is 6.07 Å². The highest BCUT2D eigenvalue weighted by Gasteiger charge is 2.24. The van der Waals surface area contributed by atoms with Crippen LogP contribution < -0.4 is 0 Å². The van der Waals surface area contributed by atoms with Crippen LogP contribution in [0.2, 0.25) is 0 Å². The van der Waals surface area contributed by atoms with Crippen LogP contribution in [-0.4, -0.2) is 44.3 Å². The Balaban J connectivity index is 2.13. The van der Waals surface area contributed by atoms with Crippen LogP contribution in [0.5, 0.6) is 0 Å². The van der Waals surface area contributed by atoms with E-state index in [9.17, 15) is 8.42 Å². The molecule has 1 aliphatic rings. The normalized spacial score (nSPS) is 16.3. The van der Waals surface area contributed by atoms with Crippen molar-refractivity contribution in [2.45, 2.75) is 5.92 Å². The second-order valence-electron chi connectivity index (χ2n) is 4.05. The highest BCUT2D eigenvalue weighted by Crippen LogP contribution is 2.24. The summed E-state index contributed by atoms with van der Waals surface area (Å²) in [4.78, 5) is 6.25. The molecule has 0 aromatic carbocycles. The maximum Gasteiger partial charge on any atom is 0.317 e. The van der Waals surface area contributed by atoms with Crippen LogP contribution in [-0.2, 0) is 10.5 Å². The molecule has 17 heavy (non-hydrogen) atoms. The number of aromatic nitrogens is 1. The van der Waals surface area contributed by atoms with E-state index in [1.807, 2.05) is 6.07 Å². The van der Waals surface area contributed by atoms with Gasteiger partial charge in [-0.05, 0) is 18.7 Å². The molecule has 1 N–H and O–H groups in total. The van der Waals surface area contributed by atoms with Crippen LogP contribution in [0.25, 0.3) is 0 Å². The summed E-state index contributed by atoms with van der Waals surface area (Å²) in [6.45, 7) is 2.01. The van der Waals surface area contributed by atoms with Gasteiger partial charge >= 0.3 is 10.5 Å². The van der Waals surface area contributed by atoms with E-state index in [4.69, 9.17) is 5.41 Å². The molecule has 0 amide bonds. The number of amidine groups is 1. The Morgan fingerprint density at radius 2 is 2.24 bits per heavy atom. The molecule has 0 aliphatic carbocycles. The van der Waals surface area contributed by atoms with E-state index in [2.05, 4.69) is 21.3 Å². The van der Waals surface area contributed by atoms with Crippen LogP contribution in [0.4, 0.5) is 0 Å². The van der Waals surface area contributed by atoms with Gasteiger partial charge in [0.15, 0.2) is 5.84 Å². The lowest BCUT2D eigenvalue weighted by molar-refractivity contribution is 0.189. The van der Waals surface area contributed by atoms with Gasteiger partial charge in [0.05, 0.1) is 0 Å². The fourth-order valence-electron chi connectivity index (χ4n) is 1.82. The van der Waals surface area contributed by atoms with E-state index in [0.29, 0.717) is 5.92 Å². The molecular formula is C10H12N4O2S. The lowest BCUT2D eigenvalue weighted by Crippen LogP contribution is -2.41. The summed E-state index contributed by atoms with van der Waals surface area (Å²) < 4.78 is 23.7. The van der Waals surface area contributed by atoms with Crippen molar-refractivity contribution in [1.29, 1.82) is 5.41 Å². The molecule has 0 bridgehead atoms. The van der Waals surface area contributed by atoms with Crippen molar-refractivity contribution in [3.63, 3.8) is 0 Å². The van der Waals surface area contributed by atoms with Crippen molar-refractivity contribution in [3.8, 4) is 0 Å². The molecule has 7 heteroatoms. The summed E-state index contributed by atoms with van der Waals surface area (Å²) in [5.74, 6) is 0.150. The molecule has 0 saturated carbocycles. The first-order chi connectivity index (χ1) is 8.06. The smallest absolute Gasteiger partial charge is 0.305 e. The maximum absolute atomic E-state index is 10.3. The van der Waals surface area contributed by atoms with Crippen molar-refractivity contribution < 1.29 is 8.42 Å². The molecule has 1 aromatic heterocycles. The van der Waals surface area contributed by atoms with Crippen LogP contribution in [0.3, 0.4) is 0 Å². The van der Waals surface area contributed by atoms with E-state index in [1.165, 1.54) is 0 Å². The number of likely N-dealkylation sites (tertiary alicyclic amines) is 1. The predicted molar refractivity (Wildman–Crippen MR) is 62.7 cm³/mol. The van der Waals surface area contributed by atoms with Gasteiger partial charge < -0.3 is 4.90 Å². The summed E-state index contributed by atoms with van der Waals surface area (Å²) in [6.07, 6.45) is 1.69. The molecule has 0 unspecified atom stereocenters. The van der Waals surface area contributed by atoms with Gasteiger partial charge in [0.25, 0.3) is 0 Å². The highest BCUT2D eigenvalue weighted by atomic mass is 32.2. The minimum atomic E-state index is -2.60. The van der Waals surface area contributed by atoms with Crippen LogP contribution in [0, 0.1) is 5.41 Å². The molecule has 1 saturated heterocycles. The first-order valence-electron chi connectivity index (χ1n) is 5.11. The zero-order valence-corrected chi connectivity index (χ0v) is 10.1. The van der Waals surface area contributed by atoms with Gasteiger partial charge in [0.2, 0.25) is 0 Å². The molecule has 0 atom stereocenters. The van der Waals surface area contributed by atoms with Crippen LogP contribution >= 0.6 is 0 Å². The highest BCUT2D eigenvalue weighted by molar-refractivity contribution is 7.62. The van der Waals surface area contributed by atoms with Gasteiger partial charge in [-0.2, -0.15) is 8.42 Å². The summed E-state index contributed by atoms with van der Waals surface area (Å²) in [6, 6.07) is 3.50. The molecule has 0 spiro atoms. The molecular weight excluding hydrogens is 240 g/mol. The van der Waals surface area contributed by atoms with Crippen molar-refractivity contribution in [1.82, 2.24) is 9.88 Å². The minimum absolute atomic E-state index is 0.269. The lowest BCUT2D eigenvalue weighted by atomic mass is 9.93. The fourth-order valence-corrected chi connectivity index (χ4v) is 2.06. The number of hydrogen-bond acceptors (Lipinski definition) is 5. The first-order valence-corrected chi connectivity index (χ1v) is 6.14. The third-order valence-electron chi connectivity index (χ3n) is 2.73. The maximum atomic E-state index is 10.3. The van der Waals surface area contributed by atoms with E-state index in [0.717, 1.165) is 18.7 Å². The number of likely N-dealkylation sites (N-methyl/N-ethyl adjacent to an activating group) is 1. The van der Waals surface area contributed by atoms with Crippen LogP contribution in [0.15, 0.2) is 22.7 Å². The summed E-state index contributed by atoms with van der Waals surface area (Å²) in [7, 11) is -0.550. The molecule has 2 rings (SSSR count). The summed E-state index contributed by atoms with van der Waals surface area (Å²) in [5.41, 5.74) is 1.38. The van der Waals surface area contributed by atoms with Crippen molar-refractivity contribution in [2.24, 2.45) is 4.36 Å². The Morgan fingerprint density at radius 3 is 2.71 bits per heavy atom. The quantitative estimate of drug-likeness (QED) is 0.613. The molecule has 6 nitrogen and oxygen atoms in total. The standard InChI is InChI=1S/C10H12N4O2S/c1-14-5-8(6-14)7-2-3-9(12-4-7)10(11)13-17(15)16/h2-4,8,11H,5-6H2,1H3. The average Bonchev–Trinajstić information content (AvgIpc) is 2.24. The van der Waals surface area contributed by atoms with Gasteiger partial charge in [-0.15, -0.1) is 4.36 Å². The Labute approximate surface area is 101 Å². The van der Waals surface area contributed by atoms with E-state index < -0.39 is 10.5 Å². The molecule has 0 radical (unpaired) electrons. The van der Waals surface area contributed by atoms with Crippen LogP contribution in [0.1, 0.15) is 17.2 Å². The Morgan fingerprint density at radius 1 is 1.53 bits per heavy atom. The van der Waals surface area contributed by atoms with E-state index in [1.54, 1.807) is 12.3 Å². The second-order valence-corrected chi connectivity index (χ2v) is 4.67. The summed E-state index contributed by atoms with van der Waals surface area (Å²) >= 11 is 0. The molecule has 1 aromatic rings. The van der Waals surface area contributed by atoms with Crippen molar-refractivity contribution >= 4 is 16.3 Å². The van der Waals surface area contributed by atoms with Gasteiger partial charge in [0, 0.05) is 25.2 Å². The zero-order chi connectivity index (χ0) is 12.4. The Kier molecular flexibility index (Phi) is 3.30. The number of rotatable bonds is 2. The Hall–Kier alpha value is -1.60. The number of nitrogens with one attached hydrogen (secondary N) is 1. The monoisotopic (exact) mass is 252 g/mol. The summed E-state index contributed by atoms with van der Waals surface area (Å²) in [5, 5.41) is 7.40. The predicted octanol–water partition coefficient (Wildman–Crippen LogP) is 0.499. The van der Waals surface area contributed by atoms with E-state index >= 15 is 0 Å². The average molecular weight is 252 g/mol. The van der Waals surface area contributed by atoms with E-state index in [-0.39, 0.29) is 11.5 Å². The zero-order valence-electron chi connectivity index (χ0n) is 9.29. The molecule has 90 valence electrons. The van der Waals surface area contributed by atoms with Gasteiger partial charge in [0.1, 0.15) is 5.69 Å². The SMILES string of the molecule is CN1CC(c2ccc(C(=N)N=S(=O)=O)nc2)C1.